The monoisotopic (exact) mass is 352 g/mol. The van der Waals surface area contributed by atoms with Gasteiger partial charge in [0, 0.05) is 11.1 Å². The molecule has 0 radical (unpaired) electrons. The second kappa shape index (κ2) is 8.91. The summed E-state index contributed by atoms with van der Waals surface area (Å²) in [6.07, 6.45) is 0. The Morgan fingerprint density at radius 1 is 0.481 bits per heavy atom. The van der Waals surface area contributed by atoms with Crippen molar-refractivity contribution in [2.75, 3.05) is 0 Å². The lowest BCUT2D eigenvalue weighted by molar-refractivity contribution is 1.06. The molecular weight excluding hydrogens is 328 g/mol. The third-order valence-corrected chi connectivity index (χ3v) is 4.17. The third-order valence-electron chi connectivity index (χ3n) is 4.17. The van der Waals surface area contributed by atoms with Crippen molar-refractivity contribution in [3.8, 4) is 33.6 Å². The molecule has 134 valence electrons. The maximum absolute atomic E-state index is 4.65. The van der Waals surface area contributed by atoms with E-state index in [-0.39, 0.29) is 0 Å². The summed E-state index contributed by atoms with van der Waals surface area (Å²) >= 11 is 0. The van der Waals surface area contributed by atoms with Crippen LogP contribution in [0.5, 0.6) is 0 Å². The normalized spacial score (nSPS) is 10.0. The summed E-state index contributed by atoms with van der Waals surface area (Å²) in [6, 6.07) is 31.2. The van der Waals surface area contributed by atoms with Gasteiger partial charge in [0.05, 0.1) is 11.4 Å². The van der Waals surface area contributed by atoms with Gasteiger partial charge in [-0.1, -0.05) is 92.7 Å². The zero-order valence-corrected chi connectivity index (χ0v) is 16.1. The van der Waals surface area contributed by atoms with Crippen molar-refractivity contribution in [2.45, 2.75) is 20.8 Å². The van der Waals surface area contributed by atoms with Crippen LogP contribution >= 0.6 is 0 Å². The molecule has 3 aromatic carbocycles. The van der Waals surface area contributed by atoms with Gasteiger partial charge >= 0.3 is 0 Å². The number of nitrogens with zero attached hydrogens (tertiary/aromatic N) is 2. The molecule has 4 rings (SSSR count). The molecule has 0 aliphatic heterocycles. The van der Waals surface area contributed by atoms with Gasteiger partial charge in [0.2, 0.25) is 0 Å². The van der Waals surface area contributed by atoms with Crippen LogP contribution in [0.25, 0.3) is 33.6 Å². The van der Waals surface area contributed by atoms with Crippen LogP contribution in [0.15, 0.2) is 91.0 Å². The number of rotatable bonds is 3. The molecule has 2 heteroatoms. The molecular formula is C25H24N2. The van der Waals surface area contributed by atoms with Crippen molar-refractivity contribution in [3.63, 3.8) is 0 Å². The van der Waals surface area contributed by atoms with Gasteiger partial charge < -0.3 is 0 Å². The minimum absolute atomic E-state index is 0.779. The van der Waals surface area contributed by atoms with E-state index in [1.807, 2.05) is 45.0 Å². The van der Waals surface area contributed by atoms with Crippen molar-refractivity contribution in [3.05, 3.63) is 96.8 Å². The van der Waals surface area contributed by atoms with Crippen molar-refractivity contribution >= 4 is 0 Å². The Hall–Kier alpha value is -3.26. The fourth-order valence-corrected chi connectivity index (χ4v) is 2.96. The second-order valence-corrected chi connectivity index (χ2v) is 6.00. The lowest BCUT2D eigenvalue weighted by Crippen LogP contribution is -1.94. The van der Waals surface area contributed by atoms with Crippen LogP contribution in [0, 0.1) is 6.92 Å². The maximum atomic E-state index is 4.65. The molecule has 0 aliphatic carbocycles. The minimum Gasteiger partial charge on any atom is -0.233 e. The van der Waals surface area contributed by atoms with E-state index in [9.17, 15) is 0 Å². The summed E-state index contributed by atoms with van der Waals surface area (Å²) in [4.78, 5) is 9.25. The Morgan fingerprint density at radius 3 is 1.59 bits per heavy atom. The second-order valence-electron chi connectivity index (χ2n) is 6.00. The number of aryl methyl sites for hydroxylation is 1. The molecule has 1 heterocycles. The molecule has 0 atom stereocenters. The zero-order valence-electron chi connectivity index (χ0n) is 16.1. The van der Waals surface area contributed by atoms with Gasteiger partial charge in [-0.2, -0.15) is 0 Å². The molecule has 0 N–H and O–H groups in total. The largest absolute Gasteiger partial charge is 0.233 e. The molecule has 2 nitrogen and oxygen atoms in total. The quantitative estimate of drug-likeness (QED) is 0.404. The van der Waals surface area contributed by atoms with Gasteiger partial charge in [-0.25, -0.2) is 9.97 Å². The molecule has 0 saturated heterocycles. The lowest BCUT2D eigenvalue weighted by Gasteiger charge is -2.08. The molecule has 0 aliphatic rings. The van der Waals surface area contributed by atoms with E-state index in [0.29, 0.717) is 0 Å². The number of hydrogen-bond acceptors (Lipinski definition) is 2. The van der Waals surface area contributed by atoms with Crippen LogP contribution in [0.4, 0.5) is 0 Å². The highest BCUT2D eigenvalue weighted by atomic mass is 14.9. The Balaban J connectivity index is 0.00000102. The van der Waals surface area contributed by atoms with Gasteiger partial charge in [-0.15, -0.1) is 0 Å². The van der Waals surface area contributed by atoms with Crippen LogP contribution in [0.2, 0.25) is 0 Å². The molecule has 0 saturated carbocycles. The highest BCUT2D eigenvalue weighted by Gasteiger charge is 2.07. The average molecular weight is 352 g/mol. The predicted molar refractivity (Wildman–Crippen MR) is 114 cm³/mol. The first-order valence-electron chi connectivity index (χ1n) is 9.36. The lowest BCUT2D eigenvalue weighted by atomic mass is 10.0. The van der Waals surface area contributed by atoms with E-state index in [0.717, 1.165) is 28.3 Å². The predicted octanol–water partition coefficient (Wildman–Crippen LogP) is 6.81. The average Bonchev–Trinajstić information content (AvgIpc) is 2.76. The highest BCUT2D eigenvalue weighted by molar-refractivity contribution is 5.73. The summed E-state index contributed by atoms with van der Waals surface area (Å²) in [5.41, 5.74) is 6.50. The number of hydrogen-bond donors (Lipinski definition) is 0. The Labute approximate surface area is 161 Å². The number of aromatic nitrogens is 2. The molecule has 4 aromatic rings. The molecule has 0 bridgehead atoms. The summed E-state index contributed by atoms with van der Waals surface area (Å²) in [5.74, 6) is 0.779. The fourth-order valence-electron chi connectivity index (χ4n) is 2.96. The van der Waals surface area contributed by atoms with Crippen molar-refractivity contribution in [2.24, 2.45) is 0 Å². The van der Waals surface area contributed by atoms with Gasteiger partial charge in [0.1, 0.15) is 5.82 Å². The Bertz CT molecular complexity index is 993. The molecule has 0 unspecified atom stereocenters. The van der Waals surface area contributed by atoms with Crippen LogP contribution in [0.1, 0.15) is 19.7 Å². The van der Waals surface area contributed by atoms with Crippen LogP contribution in [-0.4, -0.2) is 9.97 Å². The molecule has 27 heavy (non-hydrogen) atoms. The van der Waals surface area contributed by atoms with E-state index in [1.165, 1.54) is 11.1 Å². The van der Waals surface area contributed by atoms with E-state index >= 15 is 0 Å². The fraction of sp³-hybridized carbons (Fsp3) is 0.120. The summed E-state index contributed by atoms with van der Waals surface area (Å²) in [7, 11) is 0. The van der Waals surface area contributed by atoms with E-state index in [2.05, 4.69) is 76.7 Å². The molecule has 0 spiro atoms. The third kappa shape index (κ3) is 4.48. The first kappa shape index (κ1) is 18.5. The molecule has 0 amide bonds. The van der Waals surface area contributed by atoms with Crippen molar-refractivity contribution in [1.29, 1.82) is 0 Å². The maximum Gasteiger partial charge on any atom is 0.126 e. The molecule has 0 fully saturated rings. The van der Waals surface area contributed by atoms with Crippen molar-refractivity contribution < 1.29 is 0 Å². The SMILES string of the molecule is CC.Cc1nc(-c2ccccc2)cc(-c2cccc(-c3ccccc3)c2)n1. The minimum atomic E-state index is 0.779. The van der Waals surface area contributed by atoms with E-state index < -0.39 is 0 Å². The van der Waals surface area contributed by atoms with Gasteiger partial charge in [0.15, 0.2) is 0 Å². The summed E-state index contributed by atoms with van der Waals surface area (Å²) in [5, 5.41) is 0. The Kier molecular flexibility index (Phi) is 6.11. The first-order valence-corrected chi connectivity index (χ1v) is 9.36. The summed E-state index contributed by atoms with van der Waals surface area (Å²) in [6.45, 7) is 5.94. The van der Waals surface area contributed by atoms with Crippen molar-refractivity contribution in [1.82, 2.24) is 9.97 Å². The Morgan fingerprint density at radius 2 is 0.963 bits per heavy atom. The van der Waals surface area contributed by atoms with Crippen LogP contribution in [0.3, 0.4) is 0 Å². The zero-order chi connectivity index (χ0) is 19.1. The molecule has 1 aromatic heterocycles. The van der Waals surface area contributed by atoms with Crippen LogP contribution in [-0.2, 0) is 0 Å². The first-order chi connectivity index (χ1) is 13.3. The number of benzene rings is 3. The highest BCUT2D eigenvalue weighted by Crippen LogP contribution is 2.27. The smallest absolute Gasteiger partial charge is 0.126 e. The van der Waals surface area contributed by atoms with Gasteiger partial charge in [-0.3, -0.25) is 0 Å². The van der Waals surface area contributed by atoms with E-state index in [4.69, 9.17) is 0 Å². The van der Waals surface area contributed by atoms with Gasteiger partial charge in [0.25, 0.3) is 0 Å². The topological polar surface area (TPSA) is 25.8 Å². The van der Waals surface area contributed by atoms with E-state index in [1.54, 1.807) is 0 Å². The van der Waals surface area contributed by atoms with Gasteiger partial charge in [-0.05, 0) is 30.2 Å². The standard InChI is InChI=1S/C23H18N2.C2H6/c1-17-24-22(19-11-6-3-7-12-19)16-23(25-17)21-14-8-13-20(15-21)18-9-4-2-5-10-18;1-2/h2-16H,1H3;1-2H3. The summed E-state index contributed by atoms with van der Waals surface area (Å²) < 4.78 is 0. The van der Waals surface area contributed by atoms with Crippen LogP contribution < -0.4 is 0 Å².